The third kappa shape index (κ3) is 4.25. The molecule has 0 aliphatic rings. The van der Waals surface area contributed by atoms with Crippen molar-refractivity contribution in [1.29, 1.82) is 0 Å². The Morgan fingerprint density at radius 1 is 1.55 bits per heavy atom. The van der Waals surface area contributed by atoms with Gasteiger partial charge in [0.05, 0.1) is 7.18 Å². The highest BCUT2D eigenvalue weighted by Gasteiger charge is 1.83. The van der Waals surface area contributed by atoms with Crippen molar-refractivity contribution in [2.45, 2.75) is 6.42 Å². The van der Waals surface area contributed by atoms with Crippen molar-refractivity contribution in [3.8, 4) is 0 Å². The number of aromatic nitrogens is 1. The van der Waals surface area contributed by atoms with Crippen molar-refractivity contribution < 1.29 is 4.39 Å². The van der Waals surface area contributed by atoms with Gasteiger partial charge in [-0.05, 0) is 12.1 Å². The van der Waals surface area contributed by atoms with Gasteiger partial charge < -0.3 is 0 Å². The fraction of sp³-hybridized carbons (Fsp3) is 0.222. The largest absolute Gasteiger partial charge is 0.261 e. The van der Waals surface area contributed by atoms with Gasteiger partial charge in [-0.25, -0.2) is 0 Å². The molecular weight excluding hydrogens is 141 g/mol. The summed E-state index contributed by atoms with van der Waals surface area (Å²) in [5.41, 5.74) is 1.08. The molecule has 0 radical (unpaired) electrons. The molecule has 2 heteroatoms. The molecule has 1 aromatic heterocycles. The normalized spacial score (nSPS) is 7.82. The lowest BCUT2D eigenvalue weighted by Crippen LogP contribution is -1.82. The SMILES string of the molecule is C=CCc1ccccn1.CF. The molecule has 0 spiro atoms. The van der Waals surface area contributed by atoms with Crippen LogP contribution in [0.25, 0.3) is 0 Å². The minimum atomic E-state index is 0.500. The maximum absolute atomic E-state index is 9.50. The highest BCUT2D eigenvalue weighted by atomic mass is 19.1. The van der Waals surface area contributed by atoms with Gasteiger partial charge in [-0.2, -0.15) is 0 Å². The van der Waals surface area contributed by atoms with Crippen LogP contribution >= 0.6 is 0 Å². The number of rotatable bonds is 2. The van der Waals surface area contributed by atoms with E-state index in [9.17, 15) is 4.39 Å². The smallest absolute Gasteiger partial charge is 0.0785 e. The molecule has 1 heterocycles. The average molecular weight is 153 g/mol. The van der Waals surface area contributed by atoms with Gasteiger partial charge in [0.1, 0.15) is 0 Å². The van der Waals surface area contributed by atoms with Gasteiger partial charge in [0.25, 0.3) is 0 Å². The van der Waals surface area contributed by atoms with Crippen molar-refractivity contribution in [1.82, 2.24) is 4.98 Å². The van der Waals surface area contributed by atoms with Crippen LogP contribution in [0.2, 0.25) is 0 Å². The van der Waals surface area contributed by atoms with E-state index in [1.165, 1.54) is 0 Å². The van der Waals surface area contributed by atoms with Crippen LogP contribution in [0.5, 0.6) is 0 Å². The molecule has 0 aromatic carbocycles. The quantitative estimate of drug-likeness (QED) is 0.594. The molecule has 0 unspecified atom stereocenters. The van der Waals surface area contributed by atoms with Crippen molar-refractivity contribution >= 4 is 0 Å². The number of alkyl halides is 1. The van der Waals surface area contributed by atoms with E-state index in [-0.39, 0.29) is 0 Å². The molecular formula is C9H12FN. The Balaban J connectivity index is 0.000000461. The molecule has 1 rings (SSSR count). The lowest BCUT2D eigenvalue weighted by atomic mass is 10.3. The first-order chi connectivity index (χ1) is 5.43. The molecule has 0 saturated carbocycles. The monoisotopic (exact) mass is 153 g/mol. The van der Waals surface area contributed by atoms with Crippen LogP contribution in [0.4, 0.5) is 4.39 Å². The van der Waals surface area contributed by atoms with E-state index in [1.807, 2.05) is 24.3 Å². The first-order valence-corrected chi connectivity index (χ1v) is 3.32. The first kappa shape index (κ1) is 9.82. The first-order valence-electron chi connectivity index (χ1n) is 3.32. The Kier molecular flexibility index (Phi) is 6.19. The predicted octanol–water partition coefficient (Wildman–Crippen LogP) is 2.40. The fourth-order valence-corrected chi connectivity index (χ4v) is 0.667. The highest BCUT2D eigenvalue weighted by Crippen LogP contribution is 1.93. The van der Waals surface area contributed by atoms with E-state index in [4.69, 9.17) is 0 Å². The number of allylic oxidation sites excluding steroid dienone is 1. The van der Waals surface area contributed by atoms with Crippen LogP contribution in [-0.2, 0) is 6.42 Å². The topological polar surface area (TPSA) is 12.9 Å². The van der Waals surface area contributed by atoms with Crippen molar-refractivity contribution in [3.05, 3.63) is 42.7 Å². The maximum Gasteiger partial charge on any atom is 0.0785 e. The maximum atomic E-state index is 9.50. The van der Waals surface area contributed by atoms with E-state index < -0.39 is 0 Å². The van der Waals surface area contributed by atoms with E-state index >= 15 is 0 Å². The second-order valence-electron chi connectivity index (χ2n) is 1.81. The Morgan fingerprint density at radius 3 is 2.73 bits per heavy atom. The summed E-state index contributed by atoms with van der Waals surface area (Å²) in [7, 11) is 0.500. The number of nitrogens with zero attached hydrogens (tertiary/aromatic N) is 1. The number of hydrogen-bond acceptors (Lipinski definition) is 1. The zero-order valence-electron chi connectivity index (χ0n) is 6.63. The summed E-state index contributed by atoms with van der Waals surface area (Å²) in [5, 5.41) is 0. The second kappa shape index (κ2) is 6.93. The van der Waals surface area contributed by atoms with E-state index in [0.717, 1.165) is 12.1 Å². The minimum Gasteiger partial charge on any atom is -0.261 e. The summed E-state index contributed by atoms with van der Waals surface area (Å²) >= 11 is 0. The Bertz CT molecular complexity index is 184. The summed E-state index contributed by atoms with van der Waals surface area (Å²) in [5.74, 6) is 0. The highest BCUT2D eigenvalue weighted by molar-refractivity contribution is 5.06. The number of pyridine rings is 1. The fourth-order valence-electron chi connectivity index (χ4n) is 0.667. The molecule has 0 bridgehead atoms. The van der Waals surface area contributed by atoms with Gasteiger partial charge in [0.2, 0.25) is 0 Å². The zero-order chi connectivity index (χ0) is 8.53. The Labute approximate surface area is 66.6 Å². The second-order valence-corrected chi connectivity index (χ2v) is 1.81. The van der Waals surface area contributed by atoms with Crippen molar-refractivity contribution in [2.24, 2.45) is 0 Å². The molecule has 0 aliphatic carbocycles. The van der Waals surface area contributed by atoms with Crippen molar-refractivity contribution in [2.75, 3.05) is 7.18 Å². The minimum absolute atomic E-state index is 0.500. The van der Waals surface area contributed by atoms with Crippen LogP contribution in [0.15, 0.2) is 37.1 Å². The summed E-state index contributed by atoms with van der Waals surface area (Å²) in [6, 6.07) is 5.88. The molecule has 11 heavy (non-hydrogen) atoms. The van der Waals surface area contributed by atoms with Gasteiger partial charge in [-0.3, -0.25) is 9.37 Å². The summed E-state index contributed by atoms with van der Waals surface area (Å²) in [4.78, 5) is 4.10. The number of halogens is 1. The molecule has 0 atom stereocenters. The molecule has 0 saturated heterocycles. The summed E-state index contributed by atoms with van der Waals surface area (Å²) in [6.45, 7) is 3.62. The molecule has 1 aromatic rings. The van der Waals surface area contributed by atoms with Crippen LogP contribution in [0.3, 0.4) is 0 Å². The van der Waals surface area contributed by atoms with Gasteiger partial charge in [-0.1, -0.05) is 12.1 Å². The third-order valence-corrected chi connectivity index (χ3v) is 1.08. The van der Waals surface area contributed by atoms with Gasteiger partial charge in [0.15, 0.2) is 0 Å². The lowest BCUT2D eigenvalue weighted by Gasteiger charge is -1.90. The van der Waals surface area contributed by atoms with E-state index in [2.05, 4.69) is 11.6 Å². The van der Waals surface area contributed by atoms with Crippen LogP contribution in [-0.4, -0.2) is 12.2 Å². The summed E-state index contributed by atoms with van der Waals surface area (Å²) < 4.78 is 9.50. The van der Waals surface area contributed by atoms with Crippen molar-refractivity contribution in [3.63, 3.8) is 0 Å². The molecule has 1 nitrogen and oxygen atoms in total. The Morgan fingerprint density at radius 2 is 2.27 bits per heavy atom. The molecule has 0 aliphatic heterocycles. The molecule has 0 amide bonds. The molecule has 0 N–H and O–H groups in total. The molecule has 60 valence electrons. The predicted molar refractivity (Wildman–Crippen MR) is 45.2 cm³/mol. The Hall–Kier alpha value is -1.18. The average Bonchev–Trinajstić information content (AvgIpc) is 2.11. The lowest BCUT2D eigenvalue weighted by molar-refractivity contribution is 0.636. The standard InChI is InChI=1S/C8H9N.CH3F/c1-2-5-8-6-3-4-7-9-8;1-2/h2-4,6-7H,1,5H2;1H3. The van der Waals surface area contributed by atoms with Gasteiger partial charge >= 0.3 is 0 Å². The van der Waals surface area contributed by atoms with Gasteiger partial charge in [0, 0.05) is 18.3 Å². The number of hydrogen-bond donors (Lipinski definition) is 0. The van der Waals surface area contributed by atoms with E-state index in [0.29, 0.717) is 7.18 Å². The van der Waals surface area contributed by atoms with E-state index in [1.54, 1.807) is 6.20 Å². The summed E-state index contributed by atoms with van der Waals surface area (Å²) in [6.07, 6.45) is 4.50. The van der Waals surface area contributed by atoms with Crippen LogP contribution < -0.4 is 0 Å². The third-order valence-electron chi connectivity index (χ3n) is 1.08. The zero-order valence-corrected chi connectivity index (χ0v) is 6.63. The van der Waals surface area contributed by atoms with Gasteiger partial charge in [-0.15, -0.1) is 6.58 Å². The van der Waals surface area contributed by atoms with Crippen LogP contribution in [0.1, 0.15) is 5.69 Å². The molecule has 0 fully saturated rings. The van der Waals surface area contributed by atoms with Crippen LogP contribution in [0, 0.1) is 0 Å².